The summed E-state index contributed by atoms with van der Waals surface area (Å²) in [6.07, 6.45) is 0.579. The van der Waals surface area contributed by atoms with Crippen molar-refractivity contribution in [3.05, 3.63) is 64.2 Å². The summed E-state index contributed by atoms with van der Waals surface area (Å²) in [5, 5.41) is 13.2. The lowest BCUT2D eigenvalue weighted by Gasteiger charge is -2.15. The van der Waals surface area contributed by atoms with Gasteiger partial charge in [-0.25, -0.2) is 0 Å². The van der Waals surface area contributed by atoms with E-state index in [0.717, 1.165) is 28.0 Å². The average molecular weight is 384 g/mol. The number of carbonyl (C=O) groups excluding carboxylic acids is 1. The smallest absolute Gasteiger partial charge is 0.163 e. The highest BCUT2D eigenvalue weighted by Crippen LogP contribution is 2.20. The van der Waals surface area contributed by atoms with E-state index in [0.29, 0.717) is 25.4 Å². The second-order valence-electron chi connectivity index (χ2n) is 7.87. The summed E-state index contributed by atoms with van der Waals surface area (Å²) in [7, 11) is 0. The number of Topliss-reactive ketones (excluding diaryl/α,β-unsaturated/α-hetero) is 1. The third-order valence-electron chi connectivity index (χ3n) is 4.70. The van der Waals surface area contributed by atoms with E-state index in [1.54, 1.807) is 0 Å². The maximum atomic E-state index is 12.7. The predicted octanol–water partition coefficient (Wildman–Crippen LogP) is 4.17. The Kier molecular flexibility index (Phi) is 8.21. The van der Waals surface area contributed by atoms with Crippen LogP contribution in [0, 0.1) is 20.8 Å². The van der Waals surface area contributed by atoms with E-state index in [2.05, 4.69) is 24.4 Å². The first-order valence-electron chi connectivity index (χ1n) is 10.0. The minimum atomic E-state index is -0.555. The van der Waals surface area contributed by atoms with Gasteiger partial charge in [0.15, 0.2) is 5.78 Å². The molecular formula is C24H33NO3. The largest absolute Gasteiger partial charge is 0.491 e. The minimum Gasteiger partial charge on any atom is -0.491 e. The number of hydrogen-bond donors (Lipinski definition) is 2. The number of ketones is 1. The second-order valence-corrected chi connectivity index (χ2v) is 7.87. The number of benzene rings is 2. The highest BCUT2D eigenvalue weighted by Gasteiger charge is 2.13. The Hall–Kier alpha value is -2.17. The van der Waals surface area contributed by atoms with Crippen LogP contribution in [0.15, 0.2) is 36.4 Å². The van der Waals surface area contributed by atoms with Gasteiger partial charge >= 0.3 is 0 Å². The van der Waals surface area contributed by atoms with E-state index >= 15 is 0 Å². The molecule has 0 bridgehead atoms. The molecule has 1 atom stereocenters. The third kappa shape index (κ3) is 6.77. The van der Waals surface area contributed by atoms with Crippen molar-refractivity contribution < 1.29 is 14.6 Å². The molecule has 2 N–H and O–H groups in total. The van der Waals surface area contributed by atoms with Crippen LogP contribution in [0.4, 0.5) is 0 Å². The Morgan fingerprint density at radius 2 is 1.79 bits per heavy atom. The number of aliphatic hydroxyl groups is 1. The first-order chi connectivity index (χ1) is 13.3. The average Bonchev–Trinajstić information content (AvgIpc) is 2.62. The van der Waals surface area contributed by atoms with Crippen LogP contribution in [0.3, 0.4) is 0 Å². The summed E-state index contributed by atoms with van der Waals surface area (Å²) in [6.45, 7) is 10.9. The van der Waals surface area contributed by atoms with Crippen molar-refractivity contribution in [2.75, 3.05) is 13.2 Å². The molecule has 0 fully saturated rings. The number of nitrogens with one attached hydrogen (secondary N) is 1. The first kappa shape index (κ1) is 22.1. The maximum Gasteiger partial charge on any atom is 0.163 e. The van der Waals surface area contributed by atoms with Gasteiger partial charge in [0, 0.05) is 24.6 Å². The number of rotatable bonds is 10. The lowest BCUT2D eigenvalue weighted by molar-refractivity contribution is 0.0981. The Morgan fingerprint density at radius 3 is 2.43 bits per heavy atom. The number of hydrogen-bond acceptors (Lipinski definition) is 4. The second kappa shape index (κ2) is 10.4. The summed E-state index contributed by atoms with van der Waals surface area (Å²) in [6, 6.07) is 12.2. The Morgan fingerprint density at radius 1 is 1.11 bits per heavy atom. The first-order valence-corrected chi connectivity index (χ1v) is 10.0. The van der Waals surface area contributed by atoms with Gasteiger partial charge in [0.05, 0.1) is 0 Å². The van der Waals surface area contributed by atoms with Gasteiger partial charge in [-0.2, -0.15) is 0 Å². The molecule has 2 rings (SSSR count). The molecule has 152 valence electrons. The molecule has 0 aromatic heterocycles. The van der Waals surface area contributed by atoms with Gasteiger partial charge in [-0.3, -0.25) is 4.79 Å². The van der Waals surface area contributed by atoms with Crippen LogP contribution in [-0.4, -0.2) is 36.2 Å². The van der Waals surface area contributed by atoms with Crippen molar-refractivity contribution in [2.24, 2.45) is 0 Å². The Balaban J connectivity index is 1.91. The lowest BCUT2D eigenvalue weighted by atomic mass is 9.93. The van der Waals surface area contributed by atoms with Gasteiger partial charge in [0.2, 0.25) is 0 Å². The SMILES string of the molecule is Cc1cc(C)c(C(=O)CCc2cccc(OCC(O)CNC(C)C)c2)c(C)c1. The van der Waals surface area contributed by atoms with E-state index in [1.165, 1.54) is 5.56 Å². The number of carbonyl (C=O) groups is 1. The summed E-state index contributed by atoms with van der Waals surface area (Å²) in [5.74, 6) is 0.896. The van der Waals surface area contributed by atoms with E-state index < -0.39 is 6.10 Å². The zero-order chi connectivity index (χ0) is 20.7. The van der Waals surface area contributed by atoms with Gasteiger partial charge in [-0.05, 0) is 56.0 Å². The minimum absolute atomic E-state index is 0.177. The van der Waals surface area contributed by atoms with Crippen LogP contribution >= 0.6 is 0 Å². The Labute approximate surface area is 168 Å². The summed E-state index contributed by atoms with van der Waals surface area (Å²) >= 11 is 0. The lowest BCUT2D eigenvalue weighted by Crippen LogP contribution is -2.35. The normalized spacial score (nSPS) is 12.2. The molecule has 0 spiro atoms. The van der Waals surface area contributed by atoms with Crippen LogP contribution in [0.2, 0.25) is 0 Å². The van der Waals surface area contributed by atoms with E-state index in [1.807, 2.05) is 52.0 Å². The fourth-order valence-electron chi connectivity index (χ4n) is 3.42. The van der Waals surface area contributed by atoms with Gasteiger partial charge in [-0.15, -0.1) is 0 Å². The van der Waals surface area contributed by atoms with Gasteiger partial charge in [0.1, 0.15) is 18.5 Å². The van der Waals surface area contributed by atoms with Crippen molar-refractivity contribution in [1.82, 2.24) is 5.32 Å². The van der Waals surface area contributed by atoms with Crippen molar-refractivity contribution in [3.8, 4) is 5.75 Å². The van der Waals surface area contributed by atoms with Crippen LogP contribution in [0.25, 0.3) is 0 Å². The van der Waals surface area contributed by atoms with Crippen molar-refractivity contribution in [2.45, 2.75) is 59.6 Å². The van der Waals surface area contributed by atoms with Gasteiger partial charge in [0.25, 0.3) is 0 Å². The van der Waals surface area contributed by atoms with E-state index in [4.69, 9.17) is 4.74 Å². The molecule has 0 heterocycles. The molecule has 0 aliphatic heterocycles. The van der Waals surface area contributed by atoms with Crippen molar-refractivity contribution >= 4 is 5.78 Å². The molecule has 0 amide bonds. The quantitative estimate of drug-likeness (QED) is 0.605. The topological polar surface area (TPSA) is 58.6 Å². The highest BCUT2D eigenvalue weighted by atomic mass is 16.5. The number of aryl methyl sites for hydroxylation is 4. The van der Waals surface area contributed by atoms with Crippen molar-refractivity contribution in [1.29, 1.82) is 0 Å². The van der Waals surface area contributed by atoms with E-state index in [9.17, 15) is 9.90 Å². The molecular weight excluding hydrogens is 350 g/mol. The molecule has 1 unspecified atom stereocenters. The molecule has 28 heavy (non-hydrogen) atoms. The molecule has 0 saturated carbocycles. The molecule has 2 aromatic rings. The summed E-state index contributed by atoms with van der Waals surface area (Å²) in [5.41, 5.74) is 5.18. The molecule has 0 aliphatic carbocycles. The van der Waals surface area contributed by atoms with E-state index in [-0.39, 0.29) is 12.4 Å². The van der Waals surface area contributed by atoms with Gasteiger partial charge < -0.3 is 15.2 Å². The predicted molar refractivity (Wildman–Crippen MR) is 114 cm³/mol. The monoisotopic (exact) mass is 383 g/mol. The fourth-order valence-corrected chi connectivity index (χ4v) is 3.42. The Bertz CT molecular complexity index is 775. The molecule has 0 aliphatic rings. The fraction of sp³-hybridized carbons (Fsp3) is 0.458. The van der Waals surface area contributed by atoms with Crippen LogP contribution in [-0.2, 0) is 6.42 Å². The molecule has 4 heteroatoms. The summed E-state index contributed by atoms with van der Waals surface area (Å²) in [4.78, 5) is 12.7. The highest BCUT2D eigenvalue weighted by molar-refractivity contribution is 5.99. The molecule has 0 saturated heterocycles. The zero-order valence-corrected chi connectivity index (χ0v) is 17.7. The van der Waals surface area contributed by atoms with Crippen molar-refractivity contribution in [3.63, 3.8) is 0 Å². The third-order valence-corrected chi connectivity index (χ3v) is 4.70. The standard InChI is InChI=1S/C24H33NO3/c1-16(2)25-14-21(26)15-28-22-8-6-7-20(13-22)9-10-23(27)24-18(4)11-17(3)12-19(24)5/h6-8,11-13,16,21,25-26H,9-10,14-15H2,1-5H3. The molecule has 2 aromatic carbocycles. The molecule has 4 nitrogen and oxygen atoms in total. The van der Waals surface area contributed by atoms with Crippen LogP contribution in [0.1, 0.15) is 52.9 Å². The summed E-state index contributed by atoms with van der Waals surface area (Å²) < 4.78 is 5.71. The zero-order valence-electron chi connectivity index (χ0n) is 17.7. The van der Waals surface area contributed by atoms with Crippen LogP contribution < -0.4 is 10.1 Å². The number of aliphatic hydroxyl groups excluding tert-OH is 1. The van der Waals surface area contributed by atoms with Crippen LogP contribution in [0.5, 0.6) is 5.75 Å². The maximum absolute atomic E-state index is 12.7. The molecule has 0 radical (unpaired) electrons. The number of ether oxygens (including phenoxy) is 1. The van der Waals surface area contributed by atoms with Gasteiger partial charge in [-0.1, -0.05) is 43.7 Å².